The fourth-order valence-corrected chi connectivity index (χ4v) is 3.50. The molecule has 2 rings (SSSR count). The number of carbonyl (C=O) groups excluding carboxylic acids is 1. The Balaban J connectivity index is 2.52. The lowest BCUT2D eigenvalue weighted by atomic mass is 9.76. The van der Waals surface area contributed by atoms with E-state index in [0.29, 0.717) is 22.3 Å². The first-order chi connectivity index (χ1) is 12.3. The van der Waals surface area contributed by atoms with E-state index in [1.807, 2.05) is 20.8 Å². The molecule has 148 valence electrons. The zero-order valence-corrected chi connectivity index (χ0v) is 18.1. The molecule has 27 heavy (non-hydrogen) atoms. The maximum Gasteiger partial charge on any atom is 0.331 e. The fraction of sp³-hybridized carbons (Fsp3) is 0.526. The lowest BCUT2D eigenvalue weighted by Crippen LogP contribution is -2.49. The van der Waals surface area contributed by atoms with E-state index in [9.17, 15) is 9.18 Å². The van der Waals surface area contributed by atoms with Crippen LogP contribution in [0.3, 0.4) is 0 Å². The number of hydrogen-bond acceptors (Lipinski definition) is 5. The Bertz CT molecular complexity index is 845. The molecular weight excluding hydrogens is 415 g/mol. The molecule has 0 amide bonds. The second-order valence-corrected chi connectivity index (χ2v) is 8.94. The molecular formula is C19H26BrFN4O2. The Labute approximate surface area is 167 Å². The van der Waals surface area contributed by atoms with Crippen molar-refractivity contribution >= 4 is 21.9 Å². The third kappa shape index (κ3) is 4.93. The molecule has 1 aromatic carbocycles. The number of rotatable bonds is 5. The van der Waals surface area contributed by atoms with Gasteiger partial charge < -0.3 is 10.5 Å². The maximum atomic E-state index is 14.9. The molecule has 8 heteroatoms. The SMILES string of the molecule is CC(C)OC(=O)[C@@](N)(CC(C)(C)C)c1ccc(-c2nn(C)nc2Br)c(F)c1. The lowest BCUT2D eigenvalue weighted by Gasteiger charge is -2.34. The van der Waals surface area contributed by atoms with Gasteiger partial charge in [0.2, 0.25) is 0 Å². The summed E-state index contributed by atoms with van der Waals surface area (Å²) in [6.07, 6.45) is -0.0146. The van der Waals surface area contributed by atoms with Crippen LogP contribution >= 0.6 is 15.9 Å². The summed E-state index contributed by atoms with van der Waals surface area (Å²) in [4.78, 5) is 14.1. The van der Waals surface area contributed by atoms with Gasteiger partial charge in [-0.05, 0) is 59.3 Å². The van der Waals surface area contributed by atoms with Crippen molar-refractivity contribution in [3.63, 3.8) is 0 Å². The predicted molar refractivity (Wildman–Crippen MR) is 105 cm³/mol. The van der Waals surface area contributed by atoms with Gasteiger partial charge in [-0.25, -0.2) is 9.18 Å². The summed E-state index contributed by atoms with van der Waals surface area (Å²) in [6, 6.07) is 4.49. The normalized spacial score (nSPS) is 14.3. The largest absolute Gasteiger partial charge is 0.461 e. The molecule has 1 atom stereocenters. The second-order valence-electron chi connectivity index (χ2n) is 8.19. The number of aromatic nitrogens is 3. The van der Waals surface area contributed by atoms with Gasteiger partial charge in [0.25, 0.3) is 0 Å². The van der Waals surface area contributed by atoms with E-state index in [1.54, 1.807) is 33.0 Å². The van der Waals surface area contributed by atoms with Crippen LogP contribution in [0.2, 0.25) is 0 Å². The smallest absolute Gasteiger partial charge is 0.331 e. The summed E-state index contributed by atoms with van der Waals surface area (Å²) in [5.74, 6) is -1.10. The van der Waals surface area contributed by atoms with Gasteiger partial charge in [-0.3, -0.25) is 0 Å². The van der Waals surface area contributed by atoms with Crippen LogP contribution in [0.5, 0.6) is 0 Å². The number of aryl methyl sites for hydroxylation is 1. The monoisotopic (exact) mass is 440 g/mol. The number of hydrogen-bond donors (Lipinski definition) is 1. The van der Waals surface area contributed by atoms with Gasteiger partial charge in [0, 0.05) is 12.6 Å². The Morgan fingerprint density at radius 2 is 1.96 bits per heavy atom. The van der Waals surface area contributed by atoms with Gasteiger partial charge in [0.15, 0.2) is 4.60 Å². The van der Waals surface area contributed by atoms with Crippen molar-refractivity contribution < 1.29 is 13.9 Å². The number of halogens is 2. The zero-order valence-electron chi connectivity index (χ0n) is 16.5. The quantitative estimate of drug-likeness (QED) is 0.712. The standard InChI is InChI=1S/C19H26BrFN4O2/c1-11(2)27-17(26)19(22,10-18(3,4)5)12-7-8-13(14(21)9-12)15-16(20)24-25(6)23-15/h7-9,11H,10,22H2,1-6H3/t19-/m1/s1. The highest BCUT2D eigenvalue weighted by atomic mass is 79.9. The van der Waals surface area contributed by atoms with E-state index < -0.39 is 17.3 Å². The number of carbonyl (C=O) groups is 1. The minimum atomic E-state index is -1.46. The molecule has 0 saturated heterocycles. The second kappa shape index (κ2) is 7.67. The van der Waals surface area contributed by atoms with Crippen LogP contribution in [-0.4, -0.2) is 27.1 Å². The summed E-state index contributed by atoms with van der Waals surface area (Å²) in [7, 11) is 1.65. The van der Waals surface area contributed by atoms with Gasteiger partial charge in [-0.15, -0.1) is 5.10 Å². The molecule has 0 aliphatic heterocycles. The molecule has 0 spiro atoms. The Morgan fingerprint density at radius 3 is 2.41 bits per heavy atom. The average Bonchev–Trinajstić information content (AvgIpc) is 2.83. The molecule has 2 aromatic rings. The van der Waals surface area contributed by atoms with Crippen LogP contribution in [0.4, 0.5) is 4.39 Å². The third-order valence-corrected chi connectivity index (χ3v) is 4.46. The number of esters is 1. The van der Waals surface area contributed by atoms with Crippen molar-refractivity contribution in [3.8, 4) is 11.3 Å². The van der Waals surface area contributed by atoms with E-state index >= 15 is 0 Å². The maximum absolute atomic E-state index is 14.9. The van der Waals surface area contributed by atoms with Gasteiger partial charge >= 0.3 is 5.97 Å². The Hall–Kier alpha value is -1.80. The summed E-state index contributed by atoms with van der Waals surface area (Å²) in [5, 5.41) is 8.23. The van der Waals surface area contributed by atoms with Crippen LogP contribution in [0.1, 0.15) is 46.6 Å². The van der Waals surface area contributed by atoms with E-state index in [2.05, 4.69) is 26.1 Å². The minimum absolute atomic E-state index is 0.270. The number of ether oxygens (including phenoxy) is 1. The predicted octanol–water partition coefficient (Wildman–Crippen LogP) is 3.93. The summed E-state index contributed by atoms with van der Waals surface area (Å²) < 4.78 is 20.7. The average molecular weight is 441 g/mol. The molecule has 2 N–H and O–H groups in total. The molecule has 1 aromatic heterocycles. The van der Waals surface area contributed by atoms with Crippen LogP contribution in [0.25, 0.3) is 11.3 Å². The van der Waals surface area contributed by atoms with E-state index in [4.69, 9.17) is 10.5 Å². The molecule has 0 fully saturated rings. The van der Waals surface area contributed by atoms with Crippen molar-refractivity contribution in [1.82, 2.24) is 15.0 Å². The minimum Gasteiger partial charge on any atom is -0.461 e. The van der Waals surface area contributed by atoms with Crippen molar-refractivity contribution in [3.05, 3.63) is 34.2 Å². The molecule has 0 aliphatic carbocycles. The first-order valence-corrected chi connectivity index (χ1v) is 9.50. The summed E-state index contributed by atoms with van der Waals surface area (Å²) in [6.45, 7) is 9.42. The summed E-state index contributed by atoms with van der Waals surface area (Å²) in [5.41, 5.74) is 5.80. The van der Waals surface area contributed by atoms with Gasteiger partial charge in [-0.1, -0.05) is 26.8 Å². The molecule has 0 saturated carbocycles. The first kappa shape index (κ1) is 21.5. The molecule has 0 unspecified atom stereocenters. The Kier molecular flexibility index (Phi) is 6.11. The van der Waals surface area contributed by atoms with Gasteiger partial charge in [-0.2, -0.15) is 9.90 Å². The number of nitrogens with two attached hydrogens (primary N) is 1. The highest BCUT2D eigenvalue weighted by molar-refractivity contribution is 9.10. The van der Waals surface area contributed by atoms with Gasteiger partial charge in [0.1, 0.15) is 17.1 Å². The molecule has 0 aliphatic rings. The Morgan fingerprint density at radius 1 is 1.33 bits per heavy atom. The van der Waals surface area contributed by atoms with Crippen molar-refractivity contribution in [2.45, 2.75) is 52.7 Å². The summed E-state index contributed by atoms with van der Waals surface area (Å²) >= 11 is 3.28. The van der Waals surface area contributed by atoms with Crippen LogP contribution < -0.4 is 5.73 Å². The first-order valence-electron chi connectivity index (χ1n) is 8.70. The van der Waals surface area contributed by atoms with E-state index in [-0.39, 0.29) is 17.1 Å². The van der Waals surface area contributed by atoms with Crippen molar-refractivity contribution in [2.24, 2.45) is 18.2 Å². The third-order valence-electron chi connectivity index (χ3n) is 3.93. The highest BCUT2D eigenvalue weighted by Crippen LogP contribution is 2.36. The lowest BCUT2D eigenvalue weighted by molar-refractivity contribution is -0.156. The topological polar surface area (TPSA) is 83.0 Å². The van der Waals surface area contributed by atoms with Crippen LogP contribution in [-0.2, 0) is 22.1 Å². The fourth-order valence-electron chi connectivity index (χ4n) is 2.98. The van der Waals surface area contributed by atoms with Crippen LogP contribution in [0, 0.1) is 11.2 Å². The molecule has 1 heterocycles. The van der Waals surface area contributed by atoms with Gasteiger partial charge in [0.05, 0.1) is 6.10 Å². The molecule has 0 bridgehead atoms. The van der Waals surface area contributed by atoms with E-state index in [0.717, 1.165) is 0 Å². The van der Waals surface area contributed by atoms with E-state index in [1.165, 1.54) is 10.9 Å². The number of nitrogens with zero attached hydrogens (tertiary/aromatic N) is 3. The highest BCUT2D eigenvalue weighted by Gasteiger charge is 2.42. The van der Waals surface area contributed by atoms with Crippen molar-refractivity contribution in [2.75, 3.05) is 0 Å². The molecule has 6 nitrogen and oxygen atoms in total. The van der Waals surface area contributed by atoms with Crippen molar-refractivity contribution in [1.29, 1.82) is 0 Å². The molecule has 0 radical (unpaired) electrons. The zero-order chi connectivity index (χ0) is 20.6. The van der Waals surface area contributed by atoms with Crippen LogP contribution in [0.15, 0.2) is 22.8 Å². The number of benzene rings is 1.